The van der Waals surface area contributed by atoms with Gasteiger partial charge in [-0.25, -0.2) is 4.39 Å². The summed E-state index contributed by atoms with van der Waals surface area (Å²) in [6.45, 7) is 1.92. The van der Waals surface area contributed by atoms with Crippen LogP contribution in [0.3, 0.4) is 0 Å². The van der Waals surface area contributed by atoms with Crippen LogP contribution in [0.15, 0.2) is 42.5 Å². The highest BCUT2D eigenvalue weighted by atomic mass is 19.1. The summed E-state index contributed by atoms with van der Waals surface area (Å²) in [7, 11) is 0. The van der Waals surface area contributed by atoms with E-state index in [2.05, 4.69) is 10.6 Å². The van der Waals surface area contributed by atoms with Crippen molar-refractivity contribution in [3.05, 3.63) is 70.5 Å². The van der Waals surface area contributed by atoms with Crippen LogP contribution in [0.5, 0.6) is 0 Å². The number of piperazine rings is 1. The molecule has 9 heteroatoms. The van der Waals surface area contributed by atoms with Crippen molar-refractivity contribution in [1.82, 2.24) is 20.4 Å². The number of piperidine rings is 1. The number of hydrogen-bond donors (Lipinski definition) is 2. The van der Waals surface area contributed by atoms with Gasteiger partial charge in [0.25, 0.3) is 11.8 Å². The van der Waals surface area contributed by atoms with Crippen molar-refractivity contribution in [2.75, 3.05) is 19.6 Å². The molecule has 0 aliphatic carbocycles. The Kier molecular flexibility index (Phi) is 5.41. The van der Waals surface area contributed by atoms with Crippen LogP contribution < -0.4 is 10.6 Å². The zero-order chi connectivity index (χ0) is 23.1. The number of benzene rings is 2. The molecule has 0 bridgehead atoms. The minimum atomic E-state index is -0.697. The average molecular weight is 450 g/mol. The maximum absolute atomic E-state index is 13.4. The van der Waals surface area contributed by atoms with Crippen molar-refractivity contribution in [2.45, 2.75) is 31.5 Å². The molecule has 8 nitrogen and oxygen atoms in total. The molecule has 3 aliphatic rings. The molecule has 2 aromatic rings. The lowest BCUT2D eigenvalue weighted by atomic mass is 10.0. The standard InChI is InChI=1S/C24H23FN4O4/c25-17-4-1-14(2-5-17)20-12-26-9-10-28(20)23(32)15-3-6-18-16(11-15)13-29(24(18)33)19-7-8-21(30)27-22(19)31/h1-6,11,19-20,26H,7-10,12-13H2,(H,27,30,31). The Morgan fingerprint density at radius 3 is 2.58 bits per heavy atom. The van der Waals surface area contributed by atoms with E-state index in [1.165, 1.54) is 17.0 Å². The molecule has 2 unspecified atom stereocenters. The third-order valence-corrected chi connectivity index (χ3v) is 6.53. The molecule has 2 fully saturated rings. The summed E-state index contributed by atoms with van der Waals surface area (Å²) in [6, 6.07) is 10.2. The number of imide groups is 1. The Bertz CT molecular complexity index is 1150. The molecule has 0 aromatic heterocycles. The summed E-state index contributed by atoms with van der Waals surface area (Å²) in [5, 5.41) is 5.57. The van der Waals surface area contributed by atoms with Gasteiger partial charge in [0.15, 0.2) is 0 Å². The maximum atomic E-state index is 13.4. The van der Waals surface area contributed by atoms with Gasteiger partial charge in [-0.3, -0.25) is 24.5 Å². The van der Waals surface area contributed by atoms with E-state index < -0.39 is 11.9 Å². The third kappa shape index (κ3) is 3.89. The molecule has 3 heterocycles. The predicted molar refractivity (Wildman–Crippen MR) is 116 cm³/mol. The number of halogens is 1. The van der Waals surface area contributed by atoms with Gasteiger partial charge in [0.1, 0.15) is 11.9 Å². The molecule has 5 rings (SSSR count). The molecule has 2 N–H and O–H groups in total. The lowest BCUT2D eigenvalue weighted by Crippen LogP contribution is -2.52. The highest BCUT2D eigenvalue weighted by molar-refractivity contribution is 6.06. The van der Waals surface area contributed by atoms with E-state index in [0.29, 0.717) is 36.3 Å². The summed E-state index contributed by atoms with van der Waals surface area (Å²) in [5.74, 6) is -1.57. The van der Waals surface area contributed by atoms with Crippen LogP contribution in [0, 0.1) is 5.82 Å². The van der Waals surface area contributed by atoms with Crippen LogP contribution in [-0.4, -0.2) is 59.1 Å². The number of rotatable bonds is 3. The van der Waals surface area contributed by atoms with Crippen molar-refractivity contribution in [3.8, 4) is 0 Å². The summed E-state index contributed by atoms with van der Waals surface area (Å²) in [6.07, 6.45) is 0.477. The summed E-state index contributed by atoms with van der Waals surface area (Å²) >= 11 is 0. The van der Waals surface area contributed by atoms with Crippen molar-refractivity contribution in [3.63, 3.8) is 0 Å². The smallest absolute Gasteiger partial charge is 0.255 e. The van der Waals surface area contributed by atoms with Gasteiger partial charge >= 0.3 is 0 Å². The normalized spacial score (nSPS) is 22.9. The molecule has 33 heavy (non-hydrogen) atoms. The first-order chi connectivity index (χ1) is 15.9. The first-order valence-corrected chi connectivity index (χ1v) is 11.0. The molecule has 0 radical (unpaired) electrons. The molecule has 3 aliphatic heterocycles. The number of carbonyl (C=O) groups excluding carboxylic acids is 4. The number of fused-ring (bicyclic) bond motifs is 1. The zero-order valence-electron chi connectivity index (χ0n) is 17.8. The van der Waals surface area contributed by atoms with Crippen molar-refractivity contribution in [1.29, 1.82) is 0 Å². The van der Waals surface area contributed by atoms with Crippen LogP contribution in [0.2, 0.25) is 0 Å². The molecule has 170 valence electrons. The van der Waals surface area contributed by atoms with E-state index in [4.69, 9.17) is 0 Å². The van der Waals surface area contributed by atoms with Crippen LogP contribution in [0.1, 0.15) is 50.7 Å². The van der Waals surface area contributed by atoms with Gasteiger partial charge in [0, 0.05) is 43.7 Å². The fourth-order valence-corrected chi connectivity index (χ4v) is 4.80. The Balaban J connectivity index is 1.38. The van der Waals surface area contributed by atoms with Crippen LogP contribution in [0.4, 0.5) is 4.39 Å². The molecule has 0 spiro atoms. The molecule has 4 amide bonds. The van der Waals surface area contributed by atoms with E-state index >= 15 is 0 Å². The van der Waals surface area contributed by atoms with E-state index in [9.17, 15) is 23.6 Å². The van der Waals surface area contributed by atoms with Gasteiger partial charge in [-0.1, -0.05) is 12.1 Å². The lowest BCUT2D eigenvalue weighted by Gasteiger charge is -2.36. The lowest BCUT2D eigenvalue weighted by molar-refractivity contribution is -0.136. The third-order valence-electron chi connectivity index (χ3n) is 6.53. The highest BCUT2D eigenvalue weighted by Crippen LogP contribution is 2.30. The van der Waals surface area contributed by atoms with Gasteiger partial charge in [0.05, 0.1) is 6.04 Å². The molecular weight excluding hydrogens is 427 g/mol. The first kappa shape index (κ1) is 21.3. The Labute approximate surface area is 189 Å². The monoisotopic (exact) mass is 450 g/mol. The van der Waals surface area contributed by atoms with E-state index in [-0.39, 0.29) is 49.0 Å². The summed E-state index contributed by atoms with van der Waals surface area (Å²) in [5.41, 5.74) is 2.45. The molecule has 0 saturated carbocycles. The largest absolute Gasteiger partial charge is 0.329 e. The Morgan fingerprint density at radius 2 is 1.82 bits per heavy atom. The van der Waals surface area contributed by atoms with E-state index in [0.717, 1.165) is 5.56 Å². The molecule has 2 atom stereocenters. The van der Waals surface area contributed by atoms with Crippen LogP contribution in [0.25, 0.3) is 0 Å². The van der Waals surface area contributed by atoms with Gasteiger partial charge in [-0.05, 0) is 47.9 Å². The fourth-order valence-electron chi connectivity index (χ4n) is 4.80. The van der Waals surface area contributed by atoms with Crippen LogP contribution >= 0.6 is 0 Å². The van der Waals surface area contributed by atoms with Gasteiger partial charge < -0.3 is 15.1 Å². The van der Waals surface area contributed by atoms with Gasteiger partial charge in [-0.2, -0.15) is 0 Å². The summed E-state index contributed by atoms with van der Waals surface area (Å²) in [4.78, 5) is 53.2. The van der Waals surface area contributed by atoms with Gasteiger partial charge in [0.2, 0.25) is 11.8 Å². The van der Waals surface area contributed by atoms with E-state index in [1.54, 1.807) is 35.2 Å². The second-order valence-corrected chi connectivity index (χ2v) is 8.54. The second-order valence-electron chi connectivity index (χ2n) is 8.54. The molecule has 2 saturated heterocycles. The topological polar surface area (TPSA) is 98.8 Å². The predicted octanol–water partition coefficient (Wildman–Crippen LogP) is 1.37. The highest BCUT2D eigenvalue weighted by Gasteiger charge is 2.39. The minimum Gasteiger partial charge on any atom is -0.329 e. The number of amides is 4. The first-order valence-electron chi connectivity index (χ1n) is 11.0. The minimum absolute atomic E-state index is 0.166. The molecule has 2 aromatic carbocycles. The second kappa shape index (κ2) is 8.40. The maximum Gasteiger partial charge on any atom is 0.255 e. The molecular formula is C24H23FN4O4. The number of hydrogen-bond acceptors (Lipinski definition) is 5. The average Bonchev–Trinajstić information content (AvgIpc) is 3.14. The van der Waals surface area contributed by atoms with Crippen LogP contribution in [-0.2, 0) is 16.1 Å². The van der Waals surface area contributed by atoms with Crippen molar-refractivity contribution < 1.29 is 23.6 Å². The van der Waals surface area contributed by atoms with Gasteiger partial charge in [-0.15, -0.1) is 0 Å². The number of carbonyl (C=O) groups is 4. The SMILES string of the molecule is O=C1CCC(N2Cc3cc(C(=O)N4CCNCC4c4ccc(F)cc4)ccc3C2=O)C(=O)N1. The zero-order valence-corrected chi connectivity index (χ0v) is 17.8. The number of nitrogens with zero attached hydrogens (tertiary/aromatic N) is 2. The Morgan fingerprint density at radius 1 is 1.03 bits per heavy atom. The quantitative estimate of drug-likeness (QED) is 0.689. The van der Waals surface area contributed by atoms with Crippen molar-refractivity contribution in [2.24, 2.45) is 0 Å². The fraction of sp³-hybridized carbons (Fsp3) is 0.333. The van der Waals surface area contributed by atoms with E-state index in [1.807, 2.05) is 0 Å². The Hall–Kier alpha value is -3.59. The number of nitrogens with one attached hydrogen (secondary N) is 2. The van der Waals surface area contributed by atoms with Crippen molar-refractivity contribution >= 4 is 23.6 Å². The summed E-state index contributed by atoms with van der Waals surface area (Å²) < 4.78 is 13.4.